The number of hydrogen-bond donors (Lipinski definition) is 1. The van der Waals surface area contributed by atoms with Gasteiger partial charge in [-0.2, -0.15) is 0 Å². The molecule has 3 heterocycles. The van der Waals surface area contributed by atoms with E-state index in [2.05, 4.69) is 35.9 Å². The van der Waals surface area contributed by atoms with Crippen LogP contribution in [0.15, 0.2) is 51.8 Å². The Kier molecular flexibility index (Phi) is 5.78. The van der Waals surface area contributed by atoms with E-state index < -0.39 is 0 Å². The van der Waals surface area contributed by atoms with E-state index in [0.717, 1.165) is 11.1 Å². The van der Waals surface area contributed by atoms with Crippen molar-refractivity contribution in [2.45, 2.75) is 34.2 Å². The molecule has 0 aliphatic rings. The fourth-order valence-corrected chi connectivity index (χ4v) is 4.25. The third kappa shape index (κ3) is 4.32. The largest absolute Gasteiger partial charge is 0.488 e. The van der Waals surface area contributed by atoms with E-state index in [0.29, 0.717) is 28.4 Å². The molecule has 4 aromatic rings. The maximum absolute atomic E-state index is 13.3. The normalized spacial score (nSPS) is 11.4. The standard InChI is InChI=1S/C24H25N3O3S/c1-14(2)11-30-21-9-25-18(8-20(21)28)10-27-13-26-23-22(24(27)29)19(12-31-23)17-6-5-15(3)16(4)7-17/h5-9,12-14H,10-11H2,1-4H3,(H,25,28). The molecule has 0 aliphatic heterocycles. The highest BCUT2D eigenvalue weighted by Crippen LogP contribution is 2.31. The van der Waals surface area contributed by atoms with Crippen molar-refractivity contribution in [3.63, 3.8) is 0 Å². The lowest BCUT2D eigenvalue weighted by molar-refractivity contribution is 0.267. The van der Waals surface area contributed by atoms with E-state index >= 15 is 0 Å². The highest BCUT2D eigenvalue weighted by atomic mass is 32.1. The number of nitrogens with zero attached hydrogens (tertiary/aromatic N) is 2. The molecule has 0 radical (unpaired) electrons. The molecule has 7 heteroatoms. The van der Waals surface area contributed by atoms with Gasteiger partial charge < -0.3 is 9.72 Å². The van der Waals surface area contributed by atoms with Crippen molar-refractivity contribution in [1.82, 2.24) is 14.5 Å². The molecule has 160 valence electrons. The maximum Gasteiger partial charge on any atom is 0.263 e. The summed E-state index contributed by atoms with van der Waals surface area (Å²) in [5, 5.41) is 2.59. The Morgan fingerprint density at radius 1 is 1.16 bits per heavy atom. The quantitative estimate of drug-likeness (QED) is 0.483. The van der Waals surface area contributed by atoms with Crippen LogP contribution in [0.1, 0.15) is 30.7 Å². The average molecular weight is 436 g/mol. The van der Waals surface area contributed by atoms with Gasteiger partial charge in [-0.3, -0.25) is 14.2 Å². The van der Waals surface area contributed by atoms with Crippen molar-refractivity contribution < 1.29 is 4.74 Å². The Morgan fingerprint density at radius 3 is 2.68 bits per heavy atom. The van der Waals surface area contributed by atoms with Crippen molar-refractivity contribution in [3.05, 3.63) is 79.6 Å². The molecular weight excluding hydrogens is 410 g/mol. The van der Waals surface area contributed by atoms with Crippen LogP contribution < -0.4 is 15.7 Å². The van der Waals surface area contributed by atoms with Crippen LogP contribution in [0.25, 0.3) is 21.3 Å². The van der Waals surface area contributed by atoms with Gasteiger partial charge in [0.05, 0.1) is 24.9 Å². The van der Waals surface area contributed by atoms with Crippen LogP contribution >= 0.6 is 11.3 Å². The number of fused-ring (bicyclic) bond motifs is 1. The van der Waals surface area contributed by atoms with Crippen LogP contribution in [0.2, 0.25) is 0 Å². The molecule has 6 nitrogen and oxygen atoms in total. The summed E-state index contributed by atoms with van der Waals surface area (Å²) in [6.07, 6.45) is 3.09. The van der Waals surface area contributed by atoms with Crippen molar-refractivity contribution in [1.29, 1.82) is 0 Å². The molecule has 0 aliphatic carbocycles. The second-order valence-corrected chi connectivity index (χ2v) is 9.06. The van der Waals surface area contributed by atoms with E-state index in [1.54, 1.807) is 6.20 Å². The third-order valence-electron chi connectivity index (χ3n) is 5.23. The molecule has 0 fully saturated rings. The summed E-state index contributed by atoms with van der Waals surface area (Å²) in [7, 11) is 0. The monoisotopic (exact) mass is 435 g/mol. The molecule has 1 aromatic carbocycles. The van der Waals surface area contributed by atoms with E-state index in [-0.39, 0.29) is 23.3 Å². The van der Waals surface area contributed by atoms with Gasteiger partial charge in [-0.25, -0.2) is 4.98 Å². The zero-order valence-corrected chi connectivity index (χ0v) is 18.9. The Morgan fingerprint density at radius 2 is 1.97 bits per heavy atom. The maximum atomic E-state index is 13.3. The predicted molar refractivity (Wildman–Crippen MR) is 125 cm³/mol. The van der Waals surface area contributed by atoms with Crippen LogP contribution in [0, 0.1) is 19.8 Å². The number of pyridine rings is 1. The summed E-state index contributed by atoms with van der Waals surface area (Å²) < 4.78 is 7.06. The van der Waals surface area contributed by atoms with E-state index in [9.17, 15) is 9.59 Å². The fourth-order valence-electron chi connectivity index (χ4n) is 3.35. The van der Waals surface area contributed by atoms with E-state index in [4.69, 9.17) is 4.74 Å². The summed E-state index contributed by atoms with van der Waals surface area (Å²) in [6, 6.07) is 7.68. The van der Waals surface area contributed by atoms with Gasteiger partial charge in [0.1, 0.15) is 4.83 Å². The van der Waals surface area contributed by atoms with E-state index in [1.165, 1.54) is 39.4 Å². The van der Waals surface area contributed by atoms with Crippen molar-refractivity contribution in [2.75, 3.05) is 6.61 Å². The minimum absolute atomic E-state index is 0.125. The van der Waals surface area contributed by atoms with Crippen LogP contribution in [-0.4, -0.2) is 21.1 Å². The fraction of sp³-hybridized carbons (Fsp3) is 0.292. The molecule has 31 heavy (non-hydrogen) atoms. The highest BCUT2D eigenvalue weighted by Gasteiger charge is 2.14. The van der Waals surface area contributed by atoms with Gasteiger partial charge in [-0.1, -0.05) is 32.0 Å². The number of benzene rings is 1. The topological polar surface area (TPSA) is 77.0 Å². The Balaban J connectivity index is 1.69. The average Bonchev–Trinajstić information content (AvgIpc) is 3.16. The summed E-state index contributed by atoms with van der Waals surface area (Å²) in [6.45, 7) is 8.88. The number of aryl methyl sites for hydroxylation is 2. The Labute approximate surface area is 184 Å². The molecule has 3 aromatic heterocycles. The number of nitrogens with one attached hydrogen (secondary N) is 1. The lowest BCUT2D eigenvalue weighted by Crippen LogP contribution is -2.22. The molecule has 4 rings (SSSR count). The molecular formula is C24H25N3O3S. The molecule has 1 N–H and O–H groups in total. The first kappa shape index (κ1) is 21.1. The number of ether oxygens (including phenoxy) is 1. The summed E-state index contributed by atoms with van der Waals surface area (Å²) in [4.78, 5) is 33.9. The van der Waals surface area contributed by atoms with Crippen molar-refractivity contribution >= 4 is 21.6 Å². The van der Waals surface area contributed by atoms with Gasteiger partial charge in [0.25, 0.3) is 5.56 Å². The number of H-pyrrole nitrogens is 1. The van der Waals surface area contributed by atoms with E-state index in [1.807, 2.05) is 25.3 Å². The number of aromatic amines is 1. The zero-order valence-electron chi connectivity index (χ0n) is 18.1. The van der Waals surface area contributed by atoms with Gasteiger partial charge in [-0.05, 0) is 36.5 Å². The number of thiophene rings is 1. The van der Waals surface area contributed by atoms with Crippen molar-refractivity contribution in [2.24, 2.45) is 5.92 Å². The SMILES string of the molecule is Cc1ccc(-c2csc3ncn(Cc4cc(=O)c(OCC(C)C)c[nH]4)c(=O)c23)cc1C. The minimum atomic E-state index is -0.206. The van der Waals surface area contributed by atoms with Crippen LogP contribution in [-0.2, 0) is 6.54 Å². The zero-order chi connectivity index (χ0) is 22.1. The molecule has 0 saturated heterocycles. The summed E-state index contributed by atoms with van der Waals surface area (Å²) >= 11 is 1.46. The van der Waals surface area contributed by atoms with Gasteiger partial charge in [0.15, 0.2) is 5.75 Å². The van der Waals surface area contributed by atoms with Crippen molar-refractivity contribution in [3.8, 4) is 16.9 Å². The lowest BCUT2D eigenvalue weighted by atomic mass is 10.0. The summed E-state index contributed by atoms with van der Waals surface area (Å²) in [5.74, 6) is 0.612. The third-order valence-corrected chi connectivity index (χ3v) is 6.11. The lowest BCUT2D eigenvalue weighted by Gasteiger charge is -2.10. The molecule has 0 saturated carbocycles. The van der Waals surface area contributed by atoms with Gasteiger partial charge in [-0.15, -0.1) is 11.3 Å². The molecule has 0 unspecified atom stereocenters. The highest BCUT2D eigenvalue weighted by molar-refractivity contribution is 7.17. The first-order chi connectivity index (χ1) is 14.8. The molecule has 0 bridgehead atoms. The van der Waals surface area contributed by atoms with Crippen LogP contribution in [0.5, 0.6) is 5.75 Å². The predicted octanol–water partition coefficient (Wildman–Crippen LogP) is 4.51. The second kappa shape index (κ2) is 8.51. The first-order valence-corrected chi connectivity index (χ1v) is 11.1. The number of rotatable bonds is 6. The Bertz CT molecular complexity index is 1360. The van der Waals surface area contributed by atoms with Gasteiger partial charge in [0.2, 0.25) is 5.43 Å². The molecule has 0 atom stereocenters. The summed E-state index contributed by atoms with van der Waals surface area (Å²) in [5.41, 5.74) is 4.57. The number of hydrogen-bond acceptors (Lipinski definition) is 5. The Hall–Kier alpha value is -3.19. The van der Waals surface area contributed by atoms with Gasteiger partial charge >= 0.3 is 0 Å². The first-order valence-electron chi connectivity index (χ1n) is 10.2. The second-order valence-electron chi connectivity index (χ2n) is 8.20. The smallest absolute Gasteiger partial charge is 0.263 e. The van der Waals surface area contributed by atoms with Gasteiger partial charge in [0, 0.05) is 28.9 Å². The molecule has 0 spiro atoms. The van der Waals surface area contributed by atoms with Crippen LogP contribution in [0.4, 0.5) is 0 Å². The minimum Gasteiger partial charge on any atom is -0.488 e. The number of aromatic nitrogens is 3. The molecule has 0 amide bonds. The van der Waals surface area contributed by atoms with Crippen LogP contribution in [0.3, 0.4) is 0 Å².